The van der Waals surface area contributed by atoms with E-state index in [1.807, 2.05) is 12.1 Å². The lowest BCUT2D eigenvalue weighted by Gasteiger charge is -2.32. The van der Waals surface area contributed by atoms with Crippen LogP contribution in [0.4, 0.5) is 5.13 Å². The third-order valence-corrected chi connectivity index (χ3v) is 8.32. The first-order chi connectivity index (χ1) is 17.9. The number of carbonyl (C=O) groups excluding carboxylic acids is 1. The number of nitrogens with zero attached hydrogens (tertiary/aromatic N) is 4. The van der Waals surface area contributed by atoms with Crippen LogP contribution < -0.4 is 10.2 Å². The van der Waals surface area contributed by atoms with E-state index < -0.39 is 5.54 Å². The Labute approximate surface area is 223 Å². The molecule has 192 valence electrons. The lowest BCUT2D eigenvalue weighted by atomic mass is 9.87. The molecule has 2 aliphatic rings. The van der Waals surface area contributed by atoms with Crippen LogP contribution in [0.2, 0.25) is 0 Å². The second kappa shape index (κ2) is 10.6. The number of likely N-dealkylation sites (N-methyl/N-ethyl adjacent to an activating group) is 1. The van der Waals surface area contributed by atoms with Gasteiger partial charge in [0.05, 0.1) is 17.7 Å². The summed E-state index contributed by atoms with van der Waals surface area (Å²) in [7, 11) is 2.17. The largest absolute Gasteiger partial charge is 0.346 e. The van der Waals surface area contributed by atoms with E-state index in [0.29, 0.717) is 5.92 Å². The molecule has 1 aliphatic carbocycles. The van der Waals surface area contributed by atoms with Crippen molar-refractivity contribution >= 4 is 22.4 Å². The van der Waals surface area contributed by atoms with Crippen LogP contribution in [0.3, 0.4) is 0 Å². The molecular weight excluding hydrogens is 478 g/mol. The highest BCUT2D eigenvalue weighted by atomic mass is 32.1. The van der Waals surface area contributed by atoms with Crippen LogP contribution in [0.25, 0.3) is 22.4 Å². The molecule has 0 spiro atoms. The van der Waals surface area contributed by atoms with Crippen molar-refractivity contribution < 1.29 is 4.79 Å². The fourth-order valence-electron chi connectivity index (χ4n) is 4.89. The SMILES string of the molecule is CC(C)CC(C(=O)NC1(C#N)CC1)c1cccc(-c2ccc(-c3csc(N4CCN(C)CC4)n3)cc2)c1. The van der Waals surface area contributed by atoms with Gasteiger partial charge in [-0.1, -0.05) is 62.4 Å². The second-order valence-electron chi connectivity index (χ2n) is 10.9. The molecule has 1 aromatic heterocycles. The highest BCUT2D eigenvalue weighted by Crippen LogP contribution is 2.37. The van der Waals surface area contributed by atoms with Gasteiger partial charge >= 0.3 is 0 Å². The predicted octanol–water partition coefficient (Wildman–Crippen LogP) is 5.53. The van der Waals surface area contributed by atoms with Crippen molar-refractivity contribution in [2.75, 3.05) is 38.1 Å². The molecule has 1 atom stereocenters. The van der Waals surface area contributed by atoms with Crippen LogP contribution in [0, 0.1) is 17.2 Å². The van der Waals surface area contributed by atoms with E-state index in [2.05, 4.69) is 83.9 Å². The Balaban J connectivity index is 1.33. The van der Waals surface area contributed by atoms with E-state index in [9.17, 15) is 10.1 Å². The lowest BCUT2D eigenvalue weighted by molar-refractivity contribution is -0.123. The zero-order valence-electron chi connectivity index (χ0n) is 21.9. The quantitative estimate of drug-likeness (QED) is 0.429. The molecule has 1 N–H and O–H groups in total. The fraction of sp³-hybridized carbons (Fsp3) is 0.433. The van der Waals surface area contributed by atoms with E-state index in [4.69, 9.17) is 4.98 Å². The average molecular weight is 514 g/mol. The number of carbonyl (C=O) groups is 1. The van der Waals surface area contributed by atoms with Gasteiger partial charge in [-0.05, 0) is 48.9 Å². The maximum Gasteiger partial charge on any atom is 0.228 e. The number of anilines is 1. The first-order valence-corrected chi connectivity index (χ1v) is 14.1. The van der Waals surface area contributed by atoms with Gasteiger partial charge in [0, 0.05) is 37.1 Å². The Morgan fingerprint density at radius 1 is 1.08 bits per heavy atom. The first kappa shape index (κ1) is 25.4. The van der Waals surface area contributed by atoms with Crippen LogP contribution in [0.5, 0.6) is 0 Å². The summed E-state index contributed by atoms with van der Waals surface area (Å²) in [5.41, 5.74) is 4.67. The number of rotatable bonds is 8. The zero-order chi connectivity index (χ0) is 26.0. The summed E-state index contributed by atoms with van der Waals surface area (Å²) >= 11 is 1.71. The summed E-state index contributed by atoms with van der Waals surface area (Å²) in [6.45, 7) is 8.45. The minimum Gasteiger partial charge on any atom is -0.346 e. The smallest absolute Gasteiger partial charge is 0.228 e. The van der Waals surface area contributed by atoms with Gasteiger partial charge in [-0.3, -0.25) is 4.79 Å². The zero-order valence-corrected chi connectivity index (χ0v) is 22.7. The van der Waals surface area contributed by atoms with Crippen LogP contribution in [-0.2, 0) is 4.79 Å². The summed E-state index contributed by atoms with van der Waals surface area (Å²) in [5.74, 6) is 0.0535. The molecule has 2 fully saturated rings. The Morgan fingerprint density at radius 2 is 1.78 bits per heavy atom. The van der Waals surface area contributed by atoms with Crippen molar-refractivity contribution in [1.29, 1.82) is 5.26 Å². The Kier molecular flexibility index (Phi) is 7.32. The number of hydrogen-bond donors (Lipinski definition) is 1. The summed E-state index contributed by atoms with van der Waals surface area (Å²) in [4.78, 5) is 22.8. The summed E-state index contributed by atoms with van der Waals surface area (Å²) in [5, 5.41) is 15.7. The van der Waals surface area contributed by atoms with Crippen molar-refractivity contribution in [2.24, 2.45) is 5.92 Å². The van der Waals surface area contributed by atoms with Crippen LogP contribution >= 0.6 is 11.3 Å². The standard InChI is InChI=1S/C30H35N5OS/c1-21(2)17-26(28(36)33-30(20-31)11-12-30)25-6-4-5-24(18-25)22-7-9-23(10-8-22)27-19-37-29(32-27)35-15-13-34(3)14-16-35/h4-10,18-19,21,26H,11-17H2,1-3H3,(H,33,36). The minimum atomic E-state index is -0.653. The molecule has 2 heterocycles. The van der Waals surface area contributed by atoms with Crippen molar-refractivity contribution in [3.05, 3.63) is 59.5 Å². The van der Waals surface area contributed by atoms with Gasteiger partial charge in [0.2, 0.25) is 5.91 Å². The maximum absolute atomic E-state index is 13.2. The number of benzene rings is 2. The molecule has 2 aromatic carbocycles. The molecule has 1 unspecified atom stereocenters. The van der Waals surface area contributed by atoms with E-state index in [0.717, 1.165) is 78.5 Å². The van der Waals surface area contributed by atoms with Crippen LogP contribution in [0.15, 0.2) is 53.9 Å². The predicted molar refractivity (Wildman–Crippen MR) is 151 cm³/mol. The third-order valence-electron chi connectivity index (χ3n) is 7.42. The monoisotopic (exact) mass is 513 g/mol. The lowest BCUT2D eigenvalue weighted by Crippen LogP contribution is -2.44. The Hall–Kier alpha value is -3.21. The van der Waals surface area contributed by atoms with E-state index in [1.54, 1.807) is 11.3 Å². The number of nitrogens with one attached hydrogen (secondary N) is 1. The van der Waals surface area contributed by atoms with Crippen molar-refractivity contribution in [1.82, 2.24) is 15.2 Å². The van der Waals surface area contributed by atoms with E-state index >= 15 is 0 Å². The number of piperazine rings is 1. The van der Waals surface area contributed by atoms with Crippen molar-refractivity contribution in [3.8, 4) is 28.5 Å². The Morgan fingerprint density at radius 3 is 2.43 bits per heavy atom. The molecule has 0 radical (unpaired) electrons. The van der Waals surface area contributed by atoms with E-state index in [1.165, 1.54) is 0 Å². The van der Waals surface area contributed by atoms with Crippen LogP contribution in [-0.4, -0.2) is 54.6 Å². The molecule has 0 bridgehead atoms. The average Bonchev–Trinajstić information content (AvgIpc) is 3.51. The molecule has 5 rings (SSSR count). The van der Waals surface area contributed by atoms with Gasteiger partial charge in [0.15, 0.2) is 5.13 Å². The number of aromatic nitrogens is 1. The number of nitriles is 1. The van der Waals surface area contributed by atoms with Gasteiger partial charge in [-0.2, -0.15) is 5.26 Å². The van der Waals surface area contributed by atoms with E-state index in [-0.39, 0.29) is 11.8 Å². The third kappa shape index (κ3) is 5.87. The molecule has 1 aliphatic heterocycles. The Bertz CT molecular complexity index is 1280. The van der Waals surface area contributed by atoms with Gasteiger partial charge in [0.25, 0.3) is 0 Å². The number of thiazole rings is 1. The second-order valence-corrected chi connectivity index (χ2v) is 11.7. The van der Waals surface area contributed by atoms with Gasteiger partial charge < -0.3 is 15.1 Å². The molecular formula is C30H35N5OS. The van der Waals surface area contributed by atoms with Crippen LogP contribution in [0.1, 0.15) is 44.6 Å². The van der Waals surface area contributed by atoms with Crippen molar-refractivity contribution in [2.45, 2.75) is 44.6 Å². The molecule has 1 saturated carbocycles. The summed E-state index contributed by atoms with van der Waals surface area (Å²) < 4.78 is 0. The minimum absolute atomic E-state index is 0.0417. The fourth-order valence-corrected chi connectivity index (χ4v) is 5.78. The van der Waals surface area contributed by atoms with Gasteiger partial charge in [0.1, 0.15) is 5.54 Å². The number of hydrogen-bond acceptors (Lipinski definition) is 6. The molecule has 3 aromatic rings. The highest BCUT2D eigenvalue weighted by molar-refractivity contribution is 7.14. The maximum atomic E-state index is 13.2. The summed E-state index contributed by atoms with van der Waals surface area (Å²) in [6.07, 6.45) is 2.23. The first-order valence-electron chi connectivity index (χ1n) is 13.2. The normalized spacial score (nSPS) is 17.9. The number of amides is 1. The van der Waals surface area contributed by atoms with Crippen molar-refractivity contribution in [3.63, 3.8) is 0 Å². The van der Waals surface area contributed by atoms with Gasteiger partial charge in [-0.15, -0.1) is 11.3 Å². The topological polar surface area (TPSA) is 72.3 Å². The molecule has 37 heavy (non-hydrogen) atoms. The molecule has 7 heteroatoms. The molecule has 1 amide bonds. The van der Waals surface area contributed by atoms with Gasteiger partial charge in [-0.25, -0.2) is 4.98 Å². The molecule has 6 nitrogen and oxygen atoms in total. The highest BCUT2D eigenvalue weighted by Gasteiger charge is 2.45. The summed E-state index contributed by atoms with van der Waals surface area (Å²) in [6, 6.07) is 19.1. The molecule has 1 saturated heterocycles.